The topological polar surface area (TPSA) is 53.0 Å². The molecule has 0 aliphatic heterocycles. The number of carbonyl (C=O) groups is 1. The number of amides is 1. The number of anilines is 1. The minimum absolute atomic E-state index is 0.166. The summed E-state index contributed by atoms with van der Waals surface area (Å²) in [4.78, 5) is 11.5. The molecule has 0 saturated carbocycles. The molecule has 0 saturated heterocycles. The SMILES string of the molecule is N=CC(=O)Nc1cccc(-c2ccc(C(c3ccccc3)c3ccccc3)cc2)c1. The van der Waals surface area contributed by atoms with Crippen LogP contribution in [0.15, 0.2) is 109 Å². The molecule has 4 aromatic carbocycles. The first kappa shape index (κ1) is 19.3. The average Bonchev–Trinajstić information content (AvgIpc) is 2.81. The molecule has 2 N–H and O–H groups in total. The molecule has 4 aromatic rings. The van der Waals surface area contributed by atoms with Gasteiger partial charge in [-0.25, -0.2) is 0 Å². The molecule has 0 aromatic heterocycles. The summed E-state index contributed by atoms with van der Waals surface area (Å²) in [7, 11) is 0. The van der Waals surface area contributed by atoms with E-state index in [1.165, 1.54) is 16.7 Å². The van der Waals surface area contributed by atoms with Gasteiger partial charge in [-0.2, -0.15) is 0 Å². The van der Waals surface area contributed by atoms with E-state index in [2.05, 4.69) is 78.1 Å². The van der Waals surface area contributed by atoms with Crippen molar-refractivity contribution in [2.45, 2.75) is 5.92 Å². The monoisotopic (exact) mass is 390 g/mol. The Hall–Kier alpha value is -3.98. The highest BCUT2D eigenvalue weighted by Gasteiger charge is 2.16. The van der Waals surface area contributed by atoms with Gasteiger partial charge in [-0.05, 0) is 39.9 Å². The van der Waals surface area contributed by atoms with Crippen LogP contribution < -0.4 is 5.32 Å². The van der Waals surface area contributed by atoms with Crippen molar-refractivity contribution in [1.82, 2.24) is 0 Å². The molecule has 146 valence electrons. The Morgan fingerprint density at radius 2 is 1.23 bits per heavy atom. The second kappa shape index (κ2) is 9.01. The summed E-state index contributed by atoms with van der Waals surface area (Å²) < 4.78 is 0. The second-order valence-corrected chi connectivity index (χ2v) is 7.09. The Balaban J connectivity index is 1.67. The molecule has 0 aliphatic carbocycles. The van der Waals surface area contributed by atoms with Gasteiger partial charge in [0.25, 0.3) is 5.91 Å². The van der Waals surface area contributed by atoms with Crippen molar-refractivity contribution in [3.05, 3.63) is 126 Å². The van der Waals surface area contributed by atoms with Crippen LogP contribution in [-0.2, 0) is 4.79 Å². The minimum Gasteiger partial charge on any atom is -0.321 e. The van der Waals surface area contributed by atoms with E-state index >= 15 is 0 Å². The first-order valence-electron chi connectivity index (χ1n) is 9.86. The lowest BCUT2D eigenvalue weighted by atomic mass is 9.84. The first-order valence-corrected chi connectivity index (χ1v) is 9.86. The number of rotatable bonds is 6. The summed E-state index contributed by atoms with van der Waals surface area (Å²) >= 11 is 0. The lowest BCUT2D eigenvalue weighted by molar-refractivity contribution is -0.110. The lowest BCUT2D eigenvalue weighted by Crippen LogP contribution is -2.11. The molecule has 0 spiro atoms. The van der Waals surface area contributed by atoms with E-state index in [1.54, 1.807) is 0 Å². The summed E-state index contributed by atoms with van der Waals surface area (Å²) in [5.41, 5.74) is 6.51. The molecule has 3 heteroatoms. The highest BCUT2D eigenvalue weighted by atomic mass is 16.1. The minimum atomic E-state index is -0.434. The third-order valence-electron chi connectivity index (χ3n) is 5.10. The molecular formula is C27H22N2O. The summed E-state index contributed by atoms with van der Waals surface area (Å²) in [6, 6.07) is 37.3. The van der Waals surface area contributed by atoms with E-state index in [4.69, 9.17) is 5.41 Å². The number of benzene rings is 4. The number of nitrogens with one attached hydrogen (secondary N) is 2. The zero-order valence-corrected chi connectivity index (χ0v) is 16.5. The van der Waals surface area contributed by atoms with Gasteiger partial charge in [-0.15, -0.1) is 0 Å². The molecule has 0 fully saturated rings. The molecule has 30 heavy (non-hydrogen) atoms. The Morgan fingerprint density at radius 1 is 0.667 bits per heavy atom. The molecule has 4 rings (SSSR count). The van der Waals surface area contributed by atoms with Crippen LogP contribution in [0.2, 0.25) is 0 Å². The highest BCUT2D eigenvalue weighted by Crippen LogP contribution is 2.33. The number of carbonyl (C=O) groups excluding carboxylic acids is 1. The van der Waals surface area contributed by atoms with Gasteiger partial charge in [-0.3, -0.25) is 4.79 Å². The van der Waals surface area contributed by atoms with Gasteiger partial charge in [0.1, 0.15) is 0 Å². The lowest BCUT2D eigenvalue weighted by Gasteiger charge is -2.19. The van der Waals surface area contributed by atoms with Crippen LogP contribution >= 0.6 is 0 Å². The van der Waals surface area contributed by atoms with E-state index in [1.807, 2.05) is 36.4 Å². The summed E-state index contributed by atoms with van der Waals surface area (Å²) in [6.07, 6.45) is 0.773. The van der Waals surface area contributed by atoms with Crippen LogP contribution in [0, 0.1) is 5.41 Å². The Bertz CT molecular complexity index is 1100. The summed E-state index contributed by atoms with van der Waals surface area (Å²) in [5, 5.41) is 9.74. The molecular weight excluding hydrogens is 368 g/mol. The molecule has 3 nitrogen and oxygen atoms in total. The van der Waals surface area contributed by atoms with Crippen LogP contribution in [0.5, 0.6) is 0 Å². The predicted molar refractivity (Wildman–Crippen MR) is 123 cm³/mol. The average molecular weight is 390 g/mol. The normalized spacial score (nSPS) is 10.6. The fourth-order valence-electron chi connectivity index (χ4n) is 3.69. The molecule has 0 heterocycles. The van der Waals surface area contributed by atoms with Crippen molar-refractivity contribution in [3.8, 4) is 11.1 Å². The maximum atomic E-state index is 11.5. The standard InChI is InChI=1S/C27H22N2O/c28-19-26(30)29-25-13-7-12-24(18-25)20-14-16-23(17-15-20)27(21-8-3-1-4-9-21)22-10-5-2-6-11-22/h1-19,27-28H,(H,29,30). The maximum absolute atomic E-state index is 11.5. The van der Waals surface area contributed by atoms with Crippen molar-refractivity contribution in [2.24, 2.45) is 0 Å². The van der Waals surface area contributed by atoms with Gasteiger partial charge >= 0.3 is 0 Å². The van der Waals surface area contributed by atoms with Gasteiger partial charge in [0.05, 0.1) is 6.21 Å². The molecule has 1 amide bonds. The Morgan fingerprint density at radius 3 is 1.80 bits per heavy atom. The van der Waals surface area contributed by atoms with Gasteiger partial charge in [-0.1, -0.05) is 97.1 Å². The Labute approximate surface area is 176 Å². The molecule has 0 atom stereocenters. The van der Waals surface area contributed by atoms with Crippen LogP contribution in [-0.4, -0.2) is 12.1 Å². The molecule has 0 bridgehead atoms. The van der Waals surface area contributed by atoms with Crippen molar-refractivity contribution < 1.29 is 4.79 Å². The van der Waals surface area contributed by atoms with E-state index < -0.39 is 5.91 Å². The zero-order chi connectivity index (χ0) is 20.8. The van der Waals surface area contributed by atoms with Crippen LogP contribution in [0.4, 0.5) is 5.69 Å². The third-order valence-corrected chi connectivity index (χ3v) is 5.10. The largest absolute Gasteiger partial charge is 0.321 e. The summed E-state index contributed by atoms with van der Waals surface area (Å²) in [5.74, 6) is -0.268. The van der Waals surface area contributed by atoms with Crippen LogP contribution in [0.25, 0.3) is 11.1 Å². The quantitative estimate of drug-likeness (QED) is 0.302. The molecule has 0 unspecified atom stereocenters. The fraction of sp³-hybridized carbons (Fsp3) is 0.0370. The van der Waals surface area contributed by atoms with E-state index in [-0.39, 0.29) is 5.92 Å². The van der Waals surface area contributed by atoms with Gasteiger partial charge in [0, 0.05) is 11.6 Å². The number of hydrogen-bond donors (Lipinski definition) is 2. The maximum Gasteiger partial charge on any atom is 0.266 e. The summed E-state index contributed by atoms with van der Waals surface area (Å²) in [6.45, 7) is 0. The zero-order valence-electron chi connectivity index (χ0n) is 16.5. The smallest absolute Gasteiger partial charge is 0.266 e. The molecule has 0 aliphatic rings. The Kier molecular flexibility index (Phi) is 5.81. The highest BCUT2D eigenvalue weighted by molar-refractivity contribution is 6.30. The molecule has 0 radical (unpaired) electrons. The van der Waals surface area contributed by atoms with E-state index in [0.717, 1.165) is 17.3 Å². The predicted octanol–water partition coefficient (Wildman–Crippen LogP) is 6.12. The van der Waals surface area contributed by atoms with Crippen molar-refractivity contribution in [3.63, 3.8) is 0 Å². The van der Waals surface area contributed by atoms with Crippen molar-refractivity contribution >= 4 is 17.8 Å². The number of hydrogen-bond acceptors (Lipinski definition) is 2. The van der Waals surface area contributed by atoms with Crippen LogP contribution in [0.3, 0.4) is 0 Å². The van der Waals surface area contributed by atoms with Crippen molar-refractivity contribution in [1.29, 1.82) is 5.41 Å². The van der Waals surface area contributed by atoms with Gasteiger partial charge < -0.3 is 10.7 Å². The third kappa shape index (κ3) is 4.36. The fourth-order valence-corrected chi connectivity index (χ4v) is 3.69. The van der Waals surface area contributed by atoms with Gasteiger partial charge in [0.2, 0.25) is 0 Å². The van der Waals surface area contributed by atoms with Crippen LogP contribution in [0.1, 0.15) is 22.6 Å². The van der Waals surface area contributed by atoms with Crippen molar-refractivity contribution in [2.75, 3.05) is 5.32 Å². The second-order valence-electron chi connectivity index (χ2n) is 7.09. The first-order chi connectivity index (χ1) is 14.7. The van der Waals surface area contributed by atoms with Gasteiger partial charge in [0.15, 0.2) is 0 Å². The van der Waals surface area contributed by atoms with E-state index in [9.17, 15) is 4.79 Å². The van der Waals surface area contributed by atoms with E-state index in [0.29, 0.717) is 5.69 Å².